The van der Waals surface area contributed by atoms with Gasteiger partial charge in [-0.1, -0.05) is 19.0 Å². The second-order valence-electron chi connectivity index (χ2n) is 9.44. The molecule has 0 radical (unpaired) electrons. The van der Waals surface area contributed by atoms with Gasteiger partial charge in [0.15, 0.2) is 11.5 Å². The molecule has 10 nitrogen and oxygen atoms in total. The number of hydrogen-bond donors (Lipinski definition) is 0. The lowest BCUT2D eigenvalue weighted by Gasteiger charge is -2.32. The lowest BCUT2D eigenvalue weighted by Crippen LogP contribution is -2.43. The van der Waals surface area contributed by atoms with Crippen LogP contribution in [-0.2, 0) is 14.3 Å². The van der Waals surface area contributed by atoms with Gasteiger partial charge >= 0.3 is 5.97 Å². The van der Waals surface area contributed by atoms with E-state index in [9.17, 15) is 14.4 Å². The van der Waals surface area contributed by atoms with Crippen LogP contribution in [0.4, 0.5) is 0 Å². The van der Waals surface area contributed by atoms with E-state index in [0.717, 1.165) is 0 Å². The number of esters is 1. The predicted octanol–water partition coefficient (Wildman–Crippen LogP) is 3.65. The molecular formula is C27H37N3O7. The van der Waals surface area contributed by atoms with E-state index in [1.807, 2.05) is 13.8 Å². The maximum absolute atomic E-state index is 13.3. The second kappa shape index (κ2) is 13.1. The molecule has 1 aromatic heterocycles. The van der Waals surface area contributed by atoms with Gasteiger partial charge in [0.05, 0.1) is 32.3 Å². The first kappa shape index (κ1) is 28.0. The molecule has 2 amide bonds. The number of aromatic nitrogens is 1. The SMILES string of the molecule is CCOC(=O)C1CCN(C(=O)CCN(CC(C)C)C(=O)c2cc(-c3cc(OC)ccc3OC)on2)CC1. The maximum Gasteiger partial charge on any atom is 0.309 e. The number of benzene rings is 1. The molecule has 2 heterocycles. The highest BCUT2D eigenvalue weighted by Gasteiger charge is 2.29. The summed E-state index contributed by atoms with van der Waals surface area (Å²) in [7, 11) is 3.11. The second-order valence-corrected chi connectivity index (χ2v) is 9.44. The Bertz CT molecular complexity index is 1070. The molecule has 1 aromatic carbocycles. The molecule has 37 heavy (non-hydrogen) atoms. The van der Waals surface area contributed by atoms with Gasteiger partial charge in [-0.15, -0.1) is 0 Å². The molecule has 3 rings (SSSR count). The largest absolute Gasteiger partial charge is 0.497 e. The quantitative estimate of drug-likeness (QED) is 0.417. The van der Waals surface area contributed by atoms with E-state index in [1.165, 1.54) is 0 Å². The number of amides is 2. The average molecular weight is 516 g/mol. The topological polar surface area (TPSA) is 111 Å². The highest BCUT2D eigenvalue weighted by molar-refractivity contribution is 5.93. The third-order valence-corrected chi connectivity index (χ3v) is 6.34. The molecule has 2 aromatic rings. The molecule has 0 aliphatic carbocycles. The summed E-state index contributed by atoms with van der Waals surface area (Å²) >= 11 is 0. The van der Waals surface area contributed by atoms with Gasteiger partial charge in [0.2, 0.25) is 5.91 Å². The van der Waals surface area contributed by atoms with Gasteiger partial charge in [0.1, 0.15) is 11.5 Å². The molecule has 0 N–H and O–H groups in total. The van der Waals surface area contributed by atoms with E-state index < -0.39 is 0 Å². The van der Waals surface area contributed by atoms with Crippen LogP contribution in [0.3, 0.4) is 0 Å². The minimum atomic E-state index is -0.306. The Kier molecular flexibility index (Phi) is 9.93. The Balaban J connectivity index is 1.65. The first-order chi connectivity index (χ1) is 17.8. The van der Waals surface area contributed by atoms with Gasteiger partial charge in [0.25, 0.3) is 5.91 Å². The Hall–Kier alpha value is -3.56. The molecule has 1 aliphatic rings. The molecular weight excluding hydrogens is 478 g/mol. The summed E-state index contributed by atoms with van der Waals surface area (Å²) < 4.78 is 21.3. The summed E-state index contributed by atoms with van der Waals surface area (Å²) in [4.78, 5) is 41.6. The standard InChI is InChI=1S/C27H37N3O7/c1-6-36-27(33)19-9-12-29(13-10-19)25(31)11-14-30(17-18(2)3)26(32)22-16-24(37-28-22)21-15-20(34-4)7-8-23(21)35-5/h7-8,15-16,18-19H,6,9-14,17H2,1-5H3. The van der Waals surface area contributed by atoms with Crippen LogP contribution in [0.1, 0.15) is 50.5 Å². The van der Waals surface area contributed by atoms with Crippen LogP contribution in [0.5, 0.6) is 11.5 Å². The summed E-state index contributed by atoms with van der Waals surface area (Å²) in [6.45, 7) is 7.92. The molecule has 10 heteroatoms. The average Bonchev–Trinajstić information content (AvgIpc) is 3.40. The van der Waals surface area contributed by atoms with E-state index in [2.05, 4.69) is 5.16 Å². The molecule has 0 bridgehead atoms. The minimum absolute atomic E-state index is 0.0363. The van der Waals surface area contributed by atoms with Gasteiger partial charge in [-0.2, -0.15) is 0 Å². The molecule has 0 saturated carbocycles. The Labute approximate surface area is 217 Å². The van der Waals surface area contributed by atoms with Crippen molar-refractivity contribution in [1.82, 2.24) is 15.0 Å². The molecule has 1 fully saturated rings. The number of rotatable bonds is 11. The normalized spacial score (nSPS) is 13.9. The third kappa shape index (κ3) is 7.24. The zero-order valence-electron chi connectivity index (χ0n) is 22.3. The lowest BCUT2D eigenvalue weighted by molar-refractivity contribution is -0.151. The molecule has 0 atom stereocenters. The zero-order chi connectivity index (χ0) is 26.9. The maximum atomic E-state index is 13.3. The van der Waals surface area contributed by atoms with Crippen LogP contribution >= 0.6 is 0 Å². The fraction of sp³-hybridized carbons (Fsp3) is 0.556. The molecule has 1 saturated heterocycles. The molecule has 0 unspecified atom stereocenters. The number of carbonyl (C=O) groups excluding carboxylic acids is 3. The summed E-state index contributed by atoms with van der Waals surface area (Å²) in [5, 5.41) is 4.01. The van der Waals surface area contributed by atoms with Gasteiger partial charge in [0, 0.05) is 38.7 Å². The monoisotopic (exact) mass is 515 g/mol. The predicted molar refractivity (Wildman–Crippen MR) is 136 cm³/mol. The number of ether oxygens (including phenoxy) is 3. The van der Waals surface area contributed by atoms with Crippen molar-refractivity contribution in [2.45, 2.75) is 40.0 Å². The first-order valence-corrected chi connectivity index (χ1v) is 12.7. The number of carbonyl (C=O) groups is 3. The summed E-state index contributed by atoms with van der Waals surface area (Å²) in [6.07, 6.45) is 1.38. The van der Waals surface area contributed by atoms with Crippen molar-refractivity contribution in [3.05, 3.63) is 30.0 Å². The fourth-order valence-corrected chi connectivity index (χ4v) is 4.40. The minimum Gasteiger partial charge on any atom is -0.497 e. The highest BCUT2D eigenvalue weighted by Crippen LogP contribution is 2.34. The fourth-order valence-electron chi connectivity index (χ4n) is 4.40. The van der Waals surface area contributed by atoms with Gasteiger partial charge < -0.3 is 28.5 Å². The van der Waals surface area contributed by atoms with Crippen LogP contribution in [0, 0.1) is 11.8 Å². The van der Waals surface area contributed by atoms with E-state index in [4.69, 9.17) is 18.7 Å². The van der Waals surface area contributed by atoms with Crippen molar-refractivity contribution >= 4 is 17.8 Å². The van der Waals surface area contributed by atoms with Crippen LogP contribution < -0.4 is 9.47 Å². The van der Waals surface area contributed by atoms with Gasteiger partial charge in [-0.3, -0.25) is 14.4 Å². The van der Waals surface area contributed by atoms with E-state index >= 15 is 0 Å². The number of piperidine rings is 1. The number of hydrogen-bond acceptors (Lipinski definition) is 8. The summed E-state index contributed by atoms with van der Waals surface area (Å²) in [5.41, 5.74) is 0.772. The molecule has 202 valence electrons. The Morgan fingerprint density at radius 2 is 1.86 bits per heavy atom. The lowest BCUT2D eigenvalue weighted by atomic mass is 9.97. The van der Waals surface area contributed by atoms with Crippen LogP contribution in [-0.4, -0.2) is 79.7 Å². The van der Waals surface area contributed by atoms with Crippen molar-refractivity contribution in [3.63, 3.8) is 0 Å². The Morgan fingerprint density at radius 1 is 1.14 bits per heavy atom. The number of methoxy groups -OCH3 is 2. The number of likely N-dealkylation sites (tertiary alicyclic amines) is 1. The van der Waals surface area contributed by atoms with E-state index in [-0.39, 0.29) is 48.3 Å². The van der Waals surface area contributed by atoms with Crippen molar-refractivity contribution < 1.29 is 33.1 Å². The highest BCUT2D eigenvalue weighted by atomic mass is 16.5. The zero-order valence-corrected chi connectivity index (χ0v) is 22.3. The van der Waals surface area contributed by atoms with Crippen molar-refractivity contribution in [2.75, 3.05) is 47.0 Å². The van der Waals surface area contributed by atoms with Crippen LogP contribution in [0.2, 0.25) is 0 Å². The van der Waals surface area contributed by atoms with Crippen molar-refractivity contribution in [2.24, 2.45) is 11.8 Å². The first-order valence-electron chi connectivity index (χ1n) is 12.7. The summed E-state index contributed by atoms with van der Waals surface area (Å²) in [5.74, 6) is 1.06. The van der Waals surface area contributed by atoms with Crippen LogP contribution in [0.15, 0.2) is 28.8 Å². The Morgan fingerprint density at radius 3 is 2.49 bits per heavy atom. The van der Waals surface area contributed by atoms with Crippen molar-refractivity contribution in [1.29, 1.82) is 0 Å². The third-order valence-electron chi connectivity index (χ3n) is 6.34. The molecule has 1 aliphatic heterocycles. The van der Waals surface area contributed by atoms with Crippen molar-refractivity contribution in [3.8, 4) is 22.8 Å². The smallest absolute Gasteiger partial charge is 0.309 e. The summed E-state index contributed by atoms with van der Waals surface area (Å²) in [6, 6.07) is 6.86. The van der Waals surface area contributed by atoms with E-state index in [1.54, 1.807) is 55.2 Å². The molecule has 0 spiro atoms. The van der Waals surface area contributed by atoms with E-state index in [0.29, 0.717) is 61.9 Å². The van der Waals surface area contributed by atoms with Gasteiger partial charge in [-0.25, -0.2) is 0 Å². The number of nitrogens with zero attached hydrogens (tertiary/aromatic N) is 3. The van der Waals surface area contributed by atoms with Crippen LogP contribution in [0.25, 0.3) is 11.3 Å². The van der Waals surface area contributed by atoms with Gasteiger partial charge in [-0.05, 0) is 43.9 Å².